The maximum absolute atomic E-state index is 12.2. The second kappa shape index (κ2) is 7.25. The Kier molecular flexibility index (Phi) is 5.34. The van der Waals surface area contributed by atoms with E-state index in [-0.39, 0.29) is 11.3 Å². The van der Waals surface area contributed by atoms with Gasteiger partial charge in [-0.15, -0.1) is 0 Å². The van der Waals surface area contributed by atoms with Gasteiger partial charge in [0.25, 0.3) is 5.91 Å². The van der Waals surface area contributed by atoms with Crippen LogP contribution in [0.5, 0.6) is 0 Å². The minimum Gasteiger partial charge on any atom is -0.368 e. The monoisotopic (exact) mass is 325 g/mol. The van der Waals surface area contributed by atoms with Crippen molar-refractivity contribution in [2.24, 2.45) is 5.73 Å². The zero-order chi connectivity index (χ0) is 17.7. The minimum absolute atomic E-state index is 0.0656. The Balaban J connectivity index is 2.09. The second-order valence-corrected chi connectivity index (χ2v) is 6.82. The molecule has 126 valence electrons. The van der Waals surface area contributed by atoms with E-state index in [0.717, 1.165) is 5.56 Å². The standard InChI is InChI=1S/C19H23N3O2/c1-19(2,3)15-8-6-13(7-9-15)11-16(17(20)23)22-18(24)14-5-4-10-21-12-14/h4-10,12,16H,11H2,1-3H3,(H2,20,23)(H,22,24)/t16-/m0/s1. The maximum atomic E-state index is 12.2. The van der Waals surface area contributed by atoms with Crippen LogP contribution >= 0.6 is 0 Å². The fraction of sp³-hybridized carbons (Fsp3) is 0.316. The van der Waals surface area contributed by atoms with Crippen molar-refractivity contribution in [2.45, 2.75) is 38.6 Å². The Morgan fingerprint density at radius 2 is 1.83 bits per heavy atom. The molecule has 1 aromatic carbocycles. The smallest absolute Gasteiger partial charge is 0.253 e. The summed E-state index contributed by atoms with van der Waals surface area (Å²) in [6, 6.07) is 10.5. The van der Waals surface area contributed by atoms with E-state index < -0.39 is 11.9 Å². The van der Waals surface area contributed by atoms with E-state index in [1.807, 2.05) is 24.3 Å². The molecule has 1 atom stereocenters. The molecule has 2 aromatic rings. The van der Waals surface area contributed by atoms with E-state index in [1.165, 1.54) is 11.8 Å². The van der Waals surface area contributed by atoms with Gasteiger partial charge in [0.15, 0.2) is 0 Å². The molecular formula is C19H23N3O2. The molecule has 0 saturated carbocycles. The van der Waals surface area contributed by atoms with Gasteiger partial charge in [-0.25, -0.2) is 0 Å². The van der Waals surface area contributed by atoms with E-state index >= 15 is 0 Å². The molecule has 2 amide bonds. The van der Waals surface area contributed by atoms with Gasteiger partial charge in [-0.2, -0.15) is 0 Å². The van der Waals surface area contributed by atoms with Crippen molar-refractivity contribution in [3.63, 3.8) is 0 Å². The number of pyridine rings is 1. The summed E-state index contributed by atoms with van der Waals surface area (Å²) in [5.41, 5.74) is 8.05. The average molecular weight is 325 g/mol. The lowest BCUT2D eigenvalue weighted by Crippen LogP contribution is -2.45. The topological polar surface area (TPSA) is 85.1 Å². The lowest BCUT2D eigenvalue weighted by atomic mass is 9.86. The SMILES string of the molecule is CC(C)(C)c1ccc(C[C@H](NC(=O)c2cccnc2)C(N)=O)cc1. The van der Waals surface area contributed by atoms with Gasteiger partial charge in [-0.3, -0.25) is 14.6 Å². The Morgan fingerprint density at radius 1 is 1.17 bits per heavy atom. The van der Waals surface area contributed by atoms with Gasteiger partial charge >= 0.3 is 0 Å². The van der Waals surface area contributed by atoms with Gasteiger partial charge in [0.05, 0.1) is 5.56 Å². The molecule has 1 heterocycles. The van der Waals surface area contributed by atoms with Crippen molar-refractivity contribution in [2.75, 3.05) is 0 Å². The van der Waals surface area contributed by atoms with Crippen LogP contribution in [0.2, 0.25) is 0 Å². The van der Waals surface area contributed by atoms with E-state index in [9.17, 15) is 9.59 Å². The van der Waals surface area contributed by atoms with Crippen LogP contribution in [0.1, 0.15) is 42.3 Å². The van der Waals surface area contributed by atoms with Crippen LogP contribution in [0.3, 0.4) is 0 Å². The minimum atomic E-state index is -0.766. The van der Waals surface area contributed by atoms with Crippen LogP contribution in [0.15, 0.2) is 48.8 Å². The number of amides is 2. The van der Waals surface area contributed by atoms with Gasteiger partial charge in [0.2, 0.25) is 5.91 Å². The number of primary amides is 1. The zero-order valence-corrected chi connectivity index (χ0v) is 14.2. The van der Waals surface area contributed by atoms with E-state index in [4.69, 9.17) is 5.73 Å². The fourth-order valence-electron chi connectivity index (χ4n) is 2.34. The van der Waals surface area contributed by atoms with Crippen LogP contribution in [-0.4, -0.2) is 22.8 Å². The molecule has 5 heteroatoms. The molecule has 0 aliphatic rings. The fourth-order valence-corrected chi connectivity index (χ4v) is 2.34. The largest absolute Gasteiger partial charge is 0.368 e. The predicted octanol–water partition coefficient (Wildman–Crippen LogP) is 2.21. The Hall–Kier alpha value is -2.69. The highest BCUT2D eigenvalue weighted by atomic mass is 16.2. The molecule has 0 aliphatic heterocycles. The van der Waals surface area contributed by atoms with Crippen LogP contribution in [0.25, 0.3) is 0 Å². The number of carbonyl (C=O) groups is 2. The van der Waals surface area contributed by atoms with Gasteiger partial charge in [-0.05, 0) is 28.7 Å². The first-order chi connectivity index (χ1) is 11.3. The van der Waals surface area contributed by atoms with Gasteiger partial charge < -0.3 is 11.1 Å². The van der Waals surface area contributed by atoms with Crippen molar-refractivity contribution >= 4 is 11.8 Å². The van der Waals surface area contributed by atoms with Crippen molar-refractivity contribution in [3.8, 4) is 0 Å². The summed E-state index contributed by atoms with van der Waals surface area (Å²) >= 11 is 0. The van der Waals surface area contributed by atoms with Crippen molar-refractivity contribution in [1.82, 2.24) is 10.3 Å². The number of nitrogens with zero attached hydrogens (tertiary/aromatic N) is 1. The number of aromatic nitrogens is 1. The summed E-state index contributed by atoms with van der Waals surface area (Å²) in [6.07, 6.45) is 3.39. The van der Waals surface area contributed by atoms with Gasteiger partial charge in [0, 0.05) is 18.8 Å². The summed E-state index contributed by atoms with van der Waals surface area (Å²) in [5, 5.41) is 2.67. The number of carbonyl (C=O) groups excluding carboxylic acids is 2. The summed E-state index contributed by atoms with van der Waals surface area (Å²) in [7, 11) is 0. The lowest BCUT2D eigenvalue weighted by Gasteiger charge is -2.20. The van der Waals surface area contributed by atoms with Crippen LogP contribution in [0.4, 0.5) is 0 Å². The molecule has 5 nitrogen and oxygen atoms in total. The van der Waals surface area contributed by atoms with Crippen molar-refractivity contribution in [3.05, 3.63) is 65.5 Å². The first kappa shape index (κ1) is 17.7. The number of nitrogens with one attached hydrogen (secondary N) is 1. The molecule has 0 unspecified atom stereocenters. The summed E-state index contributed by atoms with van der Waals surface area (Å²) in [6.45, 7) is 6.42. The molecular weight excluding hydrogens is 302 g/mol. The lowest BCUT2D eigenvalue weighted by molar-refractivity contribution is -0.119. The van der Waals surface area contributed by atoms with E-state index in [1.54, 1.807) is 18.3 Å². The number of hydrogen-bond donors (Lipinski definition) is 2. The van der Waals surface area contributed by atoms with Crippen LogP contribution in [0, 0.1) is 0 Å². The second-order valence-electron chi connectivity index (χ2n) is 6.82. The third kappa shape index (κ3) is 4.65. The highest BCUT2D eigenvalue weighted by molar-refractivity contribution is 5.97. The highest BCUT2D eigenvalue weighted by Crippen LogP contribution is 2.22. The molecule has 0 aliphatic carbocycles. The van der Waals surface area contributed by atoms with Gasteiger partial charge in [0.1, 0.15) is 6.04 Å². The molecule has 0 radical (unpaired) electrons. The molecule has 2 rings (SSSR count). The van der Waals surface area contributed by atoms with E-state index in [2.05, 4.69) is 31.1 Å². The Morgan fingerprint density at radius 3 is 2.33 bits per heavy atom. The Bertz CT molecular complexity index is 704. The maximum Gasteiger partial charge on any atom is 0.253 e. The van der Waals surface area contributed by atoms with Crippen molar-refractivity contribution in [1.29, 1.82) is 0 Å². The highest BCUT2D eigenvalue weighted by Gasteiger charge is 2.20. The summed E-state index contributed by atoms with van der Waals surface area (Å²) in [4.78, 5) is 27.8. The molecule has 0 fully saturated rings. The normalized spacial score (nSPS) is 12.5. The molecule has 24 heavy (non-hydrogen) atoms. The molecule has 0 saturated heterocycles. The van der Waals surface area contributed by atoms with Gasteiger partial charge in [-0.1, -0.05) is 45.0 Å². The number of nitrogens with two attached hydrogens (primary N) is 1. The molecule has 1 aromatic heterocycles. The predicted molar refractivity (Wildman–Crippen MR) is 93.5 cm³/mol. The number of rotatable bonds is 5. The quantitative estimate of drug-likeness (QED) is 0.884. The summed E-state index contributed by atoms with van der Waals surface area (Å²) < 4.78 is 0. The molecule has 3 N–H and O–H groups in total. The van der Waals surface area contributed by atoms with Crippen LogP contribution < -0.4 is 11.1 Å². The first-order valence-electron chi connectivity index (χ1n) is 7.87. The first-order valence-corrected chi connectivity index (χ1v) is 7.87. The molecule has 0 bridgehead atoms. The molecule has 0 spiro atoms. The third-order valence-corrected chi connectivity index (χ3v) is 3.83. The average Bonchev–Trinajstić information content (AvgIpc) is 2.54. The van der Waals surface area contributed by atoms with E-state index in [0.29, 0.717) is 12.0 Å². The number of hydrogen-bond acceptors (Lipinski definition) is 3. The zero-order valence-electron chi connectivity index (χ0n) is 14.2. The van der Waals surface area contributed by atoms with Crippen molar-refractivity contribution < 1.29 is 9.59 Å². The Labute approximate surface area is 142 Å². The summed E-state index contributed by atoms with van der Waals surface area (Å²) in [5.74, 6) is -0.926. The third-order valence-electron chi connectivity index (χ3n) is 3.83. The van der Waals surface area contributed by atoms with Crippen LogP contribution in [-0.2, 0) is 16.6 Å². The number of benzene rings is 1.